The number of fused-ring (bicyclic) bond motifs is 1. The average molecular weight is 477 g/mol. The van der Waals surface area contributed by atoms with Crippen molar-refractivity contribution in [3.63, 3.8) is 0 Å². The maximum atomic E-state index is 12.6. The number of carbonyl (C=O) groups excluding carboxylic acids is 2. The number of imide groups is 1. The first-order valence-corrected chi connectivity index (χ1v) is 12.6. The molecule has 1 aromatic carbocycles. The third kappa shape index (κ3) is 4.80. The van der Waals surface area contributed by atoms with Crippen LogP contribution in [0.4, 0.5) is 5.00 Å². The lowest BCUT2D eigenvalue weighted by atomic mass is 9.76. The second kappa shape index (κ2) is 10.1. The fraction of sp³-hybridized carbons (Fsp3) is 0.625. The molecule has 1 aliphatic carbocycles. The highest BCUT2D eigenvalue weighted by Crippen LogP contribution is 2.46. The van der Waals surface area contributed by atoms with Crippen molar-refractivity contribution in [2.75, 3.05) is 44.2 Å². The predicted octanol–water partition coefficient (Wildman–Crippen LogP) is 4.33. The number of aromatic nitrogens is 1. The topological polar surface area (TPSA) is 56.8 Å². The van der Waals surface area contributed by atoms with E-state index in [2.05, 4.69) is 32.4 Å². The lowest BCUT2D eigenvalue weighted by Crippen LogP contribution is -2.48. The molecular weight excluding hydrogens is 444 g/mol. The number of unbranched alkanes of at least 4 members (excludes halogenated alkanes) is 1. The van der Waals surface area contributed by atoms with E-state index in [9.17, 15) is 9.59 Å². The van der Waals surface area contributed by atoms with E-state index in [1.807, 2.05) is 6.07 Å². The molecule has 3 heterocycles. The zero-order valence-electron chi connectivity index (χ0n) is 18.6. The Hall–Kier alpha value is -1.70. The zero-order valence-corrected chi connectivity index (χ0v) is 20.3. The molecule has 0 radical (unpaired) electrons. The Morgan fingerprint density at radius 2 is 1.56 bits per heavy atom. The van der Waals surface area contributed by atoms with Crippen molar-refractivity contribution < 1.29 is 9.59 Å². The molecular formula is C24H33ClN4O2S. The van der Waals surface area contributed by atoms with Crippen molar-refractivity contribution in [3.05, 3.63) is 24.3 Å². The first-order valence-electron chi connectivity index (χ1n) is 11.8. The van der Waals surface area contributed by atoms with Gasteiger partial charge in [0.1, 0.15) is 5.00 Å². The lowest BCUT2D eigenvalue weighted by molar-refractivity contribution is -0.153. The van der Waals surface area contributed by atoms with E-state index in [-0.39, 0.29) is 29.6 Å². The summed E-state index contributed by atoms with van der Waals surface area (Å²) in [6, 6.07) is 8.37. The Balaban J connectivity index is 0.00000245. The molecule has 2 amide bonds. The fourth-order valence-corrected chi connectivity index (χ4v) is 6.56. The summed E-state index contributed by atoms with van der Waals surface area (Å²) in [6.07, 6.45) is 7.58. The van der Waals surface area contributed by atoms with Crippen molar-refractivity contribution in [1.29, 1.82) is 0 Å². The fourth-order valence-electron chi connectivity index (χ4n) is 5.65. The monoisotopic (exact) mass is 476 g/mol. The molecule has 0 atom stereocenters. The highest BCUT2D eigenvalue weighted by molar-refractivity contribution is 7.11. The largest absolute Gasteiger partial charge is 0.359 e. The smallest absolute Gasteiger partial charge is 0.229 e. The Morgan fingerprint density at radius 1 is 0.906 bits per heavy atom. The van der Waals surface area contributed by atoms with Crippen LogP contribution in [-0.2, 0) is 9.59 Å². The highest BCUT2D eigenvalue weighted by Gasteiger charge is 2.44. The van der Waals surface area contributed by atoms with Gasteiger partial charge in [-0.3, -0.25) is 19.4 Å². The van der Waals surface area contributed by atoms with Crippen molar-refractivity contribution >= 4 is 51.7 Å². The van der Waals surface area contributed by atoms with Crippen LogP contribution in [0, 0.1) is 5.41 Å². The number of likely N-dealkylation sites (tertiary alicyclic amines) is 1. The van der Waals surface area contributed by atoms with Crippen LogP contribution in [-0.4, -0.2) is 65.3 Å². The van der Waals surface area contributed by atoms with Gasteiger partial charge < -0.3 is 4.90 Å². The van der Waals surface area contributed by atoms with Gasteiger partial charge in [-0.15, -0.1) is 12.4 Å². The molecule has 32 heavy (non-hydrogen) atoms. The molecule has 0 N–H and O–H groups in total. The number of piperazine rings is 1. The van der Waals surface area contributed by atoms with Crippen molar-refractivity contribution in [2.45, 2.75) is 51.4 Å². The number of halogens is 1. The Kier molecular flexibility index (Phi) is 7.37. The number of piperidine rings is 1. The lowest BCUT2D eigenvalue weighted by Gasteiger charge is -2.37. The van der Waals surface area contributed by atoms with Gasteiger partial charge >= 0.3 is 0 Å². The van der Waals surface area contributed by atoms with Gasteiger partial charge in [0.25, 0.3) is 0 Å². The van der Waals surface area contributed by atoms with E-state index in [0.29, 0.717) is 19.4 Å². The molecule has 3 aliphatic rings. The van der Waals surface area contributed by atoms with Crippen LogP contribution < -0.4 is 4.90 Å². The number of benzene rings is 1. The van der Waals surface area contributed by atoms with E-state index in [1.54, 1.807) is 16.4 Å². The summed E-state index contributed by atoms with van der Waals surface area (Å²) in [7, 11) is 0. The van der Waals surface area contributed by atoms with Gasteiger partial charge in [0.15, 0.2) is 0 Å². The van der Waals surface area contributed by atoms with Crippen LogP contribution in [0.15, 0.2) is 24.3 Å². The first kappa shape index (κ1) is 23.5. The molecule has 2 aliphatic heterocycles. The van der Waals surface area contributed by atoms with Crippen LogP contribution in [0.25, 0.3) is 10.9 Å². The Bertz CT molecular complexity index is 930. The number of rotatable bonds is 6. The van der Waals surface area contributed by atoms with Crippen LogP contribution in [0.3, 0.4) is 0 Å². The third-order valence-corrected chi connectivity index (χ3v) is 8.39. The predicted molar refractivity (Wildman–Crippen MR) is 132 cm³/mol. The van der Waals surface area contributed by atoms with Crippen molar-refractivity contribution in [2.24, 2.45) is 5.41 Å². The van der Waals surface area contributed by atoms with Crippen LogP contribution in [0.5, 0.6) is 0 Å². The first-order chi connectivity index (χ1) is 15.1. The van der Waals surface area contributed by atoms with Crippen LogP contribution >= 0.6 is 23.9 Å². The molecule has 2 saturated heterocycles. The summed E-state index contributed by atoms with van der Waals surface area (Å²) in [5.41, 5.74) is 1.10. The number of carbonyl (C=O) groups is 2. The van der Waals surface area contributed by atoms with Crippen LogP contribution in [0.2, 0.25) is 0 Å². The SMILES string of the molecule is Cl.O=C1CC2(CCCC2)CC(=O)N1CCCCN1CCN(c2snc3ccccc23)CC1. The molecule has 8 heteroatoms. The summed E-state index contributed by atoms with van der Waals surface area (Å²) in [5, 5.41) is 2.55. The van der Waals surface area contributed by atoms with Crippen molar-refractivity contribution in [1.82, 2.24) is 14.2 Å². The second-order valence-electron chi connectivity index (χ2n) is 9.54. The summed E-state index contributed by atoms with van der Waals surface area (Å²) in [4.78, 5) is 31.7. The molecule has 6 nitrogen and oxygen atoms in total. The highest BCUT2D eigenvalue weighted by atomic mass is 35.5. The minimum atomic E-state index is 0. The maximum Gasteiger partial charge on any atom is 0.229 e. The number of anilines is 1. The second-order valence-corrected chi connectivity index (χ2v) is 10.3. The summed E-state index contributed by atoms with van der Waals surface area (Å²) >= 11 is 1.60. The Labute approximate surface area is 200 Å². The van der Waals surface area contributed by atoms with E-state index in [1.165, 1.54) is 23.2 Å². The van der Waals surface area contributed by atoms with Gasteiger partial charge in [-0.05, 0) is 61.3 Å². The zero-order chi connectivity index (χ0) is 21.3. The number of amides is 2. The summed E-state index contributed by atoms with van der Waals surface area (Å²) < 4.78 is 4.58. The van der Waals surface area contributed by atoms with Gasteiger partial charge in [-0.25, -0.2) is 0 Å². The summed E-state index contributed by atoms with van der Waals surface area (Å²) in [5.74, 6) is 0.145. The standard InChI is InChI=1S/C24H32N4O2S.ClH/c29-21-17-24(9-3-4-10-24)18-22(30)28(21)12-6-5-11-26-13-15-27(16-14-26)23-19-7-1-2-8-20(19)25-31-23;/h1-2,7-8H,3-6,9-18H2;1H. The molecule has 1 saturated carbocycles. The number of nitrogens with zero attached hydrogens (tertiary/aromatic N) is 4. The average Bonchev–Trinajstić information content (AvgIpc) is 3.40. The Morgan fingerprint density at radius 3 is 2.28 bits per heavy atom. The number of hydrogen-bond acceptors (Lipinski definition) is 6. The van der Waals surface area contributed by atoms with E-state index < -0.39 is 0 Å². The quantitative estimate of drug-likeness (QED) is 0.458. The van der Waals surface area contributed by atoms with Gasteiger partial charge in [0.2, 0.25) is 11.8 Å². The molecule has 2 aromatic rings. The van der Waals surface area contributed by atoms with Crippen molar-refractivity contribution in [3.8, 4) is 0 Å². The molecule has 0 bridgehead atoms. The third-order valence-electron chi connectivity index (χ3n) is 7.45. The number of hydrogen-bond donors (Lipinski definition) is 0. The molecule has 1 aromatic heterocycles. The normalized spacial score (nSPS) is 21.5. The molecule has 1 spiro atoms. The maximum absolute atomic E-state index is 12.6. The van der Waals surface area contributed by atoms with Gasteiger partial charge in [0, 0.05) is 51.0 Å². The minimum Gasteiger partial charge on any atom is -0.359 e. The molecule has 3 fully saturated rings. The molecule has 5 rings (SSSR count). The van der Waals surface area contributed by atoms with Gasteiger partial charge in [0.05, 0.1) is 5.52 Å². The van der Waals surface area contributed by atoms with Gasteiger partial charge in [-0.2, -0.15) is 4.37 Å². The van der Waals surface area contributed by atoms with E-state index in [0.717, 1.165) is 63.9 Å². The molecule has 174 valence electrons. The summed E-state index contributed by atoms with van der Waals surface area (Å²) in [6.45, 7) is 5.79. The van der Waals surface area contributed by atoms with Gasteiger partial charge in [-0.1, -0.05) is 25.0 Å². The van der Waals surface area contributed by atoms with E-state index >= 15 is 0 Å². The minimum absolute atomic E-state index is 0. The van der Waals surface area contributed by atoms with E-state index in [4.69, 9.17) is 0 Å². The molecule has 0 unspecified atom stereocenters. The van der Waals surface area contributed by atoms with Crippen LogP contribution in [0.1, 0.15) is 51.4 Å².